The SMILES string of the molecule is C/C=C(/CCCC)NN(C)C. The van der Waals surface area contributed by atoms with Crippen LogP contribution in [-0.4, -0.2) is 19.1 Å². The monoisotopic (exact) mass is 156 g/mol. The average Bonchev–Trinajstić information content (AvgIpc) is 1.97. The number of allylic oxidation sites excluding steroid dienone is 2. The third-order valence-electron chi connectivity index (χ3n) is 1.52. The first-order valence-electron chi connectivity index (χ1n) is 4.29. The van der Waals surface area contributed by atoms with Gasteiger partial charge in [-0.25, -0.2) is 5.01 Å². The summed E-state index contributed by atoms with van der Waals surface area (Å²) in [5.74, 6) is 0. The summed E-state index contributed by atoms with van der Waals surface area (Å²) in [4.78, 5) is 0. The van der Waals surface area contributed by atoms with Crippen molar-refractivity contribution in [3.8, 4) is 0 Å². The third-order valence-corrected chi connectivity index (χ3v) is 1.52. The molecule has 0 aliphatic heterocycles. The van der Waals surface area contributed by atoms with Crippen LogP contribution < -0.4 is 5.43 Å². The van der Waals surface area contributed by atoms with Gasteiger partial charge in [-0.2, -0.15) is 0 Å². The summed E-state index contributed by atoms with van der Waals surface area (Å²) in [6, 6.07) is 0. The van der Waals surface area contributed by atoms with Gasteiger partial charge >= 0.3 is 0 Å². The molecular formula is C9H20N2. The normalized spacial score (nSPS) is 12.3. The molecule has 0 aromatic heterocycles. The van der Waals surface area contributed by atoms with E-state index in [4.69, 9.17) is 0 Å². The summed E-state index contributed by atoms with van der Waals surface area (Å²) in [5.41, 5.74) is 4.58. The number of unbranched alkanes of at least 4 members (excludes halogenated alkanes) is 1. The van der Waals surface area contributed by atoms with E-state index in [0.29, 0.717) is 0 Å². The Morgan fingerprint density at radius 2 is 2.09 bits per heavy atom. The molecule has 0 aliphatic rings. The van der Waals surface area contributed by atoms with Crippen molar-refractivity contribution >= 4 is 0 Å². The molecule has 2 nitrogen and oxygen atoms in total. The zero-order chi connectivity index (χ0) is 8.69. The molecule has 0 bridgehead atoms. The fraction of sp³-hybridized carbons (Fsp3) is 0.778. The Morgan fingerprint density at radius 1 is 1.45 bits per heavy atom. The summed E-state index contributed by atoms with van der Waals surface area (Å²) in [5, 5.41) is 1.98. The quantitative estimate of drug-likeness (QED) is 0.613. The first-order chi connectivity index (χ1) is 5.20. The van der Waals surface area contributed by atoms with Gasteiger partial charge in [0.1, 0.15) is 0 Å². The minimum atomic E-state index is 1.16. The molecule has 0 atom stereocenters. The van der Waals surface area contributed by atoms with Crippen molar-refractivity contribution in [3.63, 3.8) is 0 Å². The minimum absolute atomic E-state index is 1.16. The summed E-state index contributed by atoms with van der Waals surface area (Å²) < 4.78 is 0. The molecule has 2 heteroatoms. The van der Waals surface area contributed by atoms with Gasteiger partial charge in [0, 0.05) is 19.8 Å². The van der Waals surface area contributed by atoms with Gasteiger partial charge in [-0.05, 0) is 19.8 Å². The molecule has 0 spiro atoms. The maximum absolute atomic E-state index is 3.26. The Bertz CT molecular complexity index is 117. The van der Waals surface area contributed by atoms with Crippen molar-refractivity contribution in [2.75, 3.05) is 14.1 Å². The number of rotatable bonds is 5. The molecule has 0 heterocycles. The summed E-state index contributed by atoms with van der Waals surface area (Å²) in [7, 11) is 4.02. The highest BCUT2D eigenvalue weighted by Gasteiger charge is 1.94. The number of hydrazine groups is 1. The highest BCUT2D eigenvalue weighted by atomic mass is 15.5. The molecule has 0 aliphatic carbocycles. The number of nitrogens with one attached hydrogen (secondary N) is 1. The Balaban J connectivity index is 3.60. The third kappa shape index (κ3) is 5.92. The molecule has 0 aromatic rings. The molecule has 0 saturated carbocycles. The van der Waals surface area contributed by atoms with Crippen LogP contribution in [0.4, 0.5) is 0 Å². The van der Waals surface area contributed by atoms with Crippen LogP contribution in [0.5, 0.6) is 0 Å². The largest absolute Gasteiger partial charge is 0.324 e. The van der Waals surface area contributed by atoms with Gasteiger partial charge in [0.25, 0.3) is 0 Å². The van der Waals surface area contributed by atoms with Gasteiger partial charge in [-0.1, -0.05) is 19.4 Å². The van der Waals surface area contributed by atoms with Crippen LogP contribution >= 0.6 is 0 Å². The van der Waals surface area contributed by atoms with Gasteiger partial charge in [0.15, 0.2) is 0 Å². The summed E-state index contributed by atoms with van der Waals surface area (Å²) in [6.45, 7) is 4.28. The molecule has 0 radical (unpaired) electrons. The van der Waals surface area contributed by atoms with E-state index in [0.717, 1.165) is 6.42 Å². The molecule has 66 valence electrons. The standard InChI is InChI=1S/C9H20N2/c1-5-7-8-9(6-2)10-11(3)4/h6,10H,5,7-8H2,1-4H3/b9-6-. The van der Waals surface area contributed by atoms with E-state index < -0.39 is 0 Å². The zero-order valence-corrected chi connectivity index (χ0v) is 8.15. The van der Waals surface area contributed by atoms with Gasteiger partial charge < -0.3 is 5.43 Å². The second-order valence-corrected chi connectivity index (χ2v) is 2.92. The fourth-order valence-corrected chi connectivity index (χ4v) is 0.919. The van der Waals surface area contributed by atoms with E-state index in [1.54, 1.807) is 0 Å². The van der Waals surface area contributed by atoms with Crippen LogP contribution in [0.1, 0.15) is 33.1 Å². The predicted octanol–water partition coefficient (Wildman–Crippen LogP) is 2.15. The van der Waals surface area contributed by atoms with E-state index in [1.165, 1.54) is 18.5 Å². The van der Waals surface area contributed by atoms with E-state index in [9.17, 15) is 0 Å². The second-order valence-electron chi connectivity index (χ2n) is 2.92. The molecular weight excluding hydrogens is 136 g/mol. The molecule has 0 rings (SSSR count). The van der Waals surface area contributed by atoms with Crippen LogP contribution in [0.15, 0.2) is 11.8 Å². The summed E-state index contributed by atoms with van der Waals surface area (Å²) in [6.07, 6.45) is 5.81. The van der Waals surface area contributed by atoms with Crippen LogP contribution in [0.25, 0.3) is 0 Å². The first-order valence-corrected chi connectivity index (χ1v) is 4.29. The van der Waals surface area contributed by atoms with Crippen molar-refractivity contribution < 1.29 is 0 Å². The van der Waals surface area contributed by atoms with Gasteiger partial charge in [0.2, 0.25) is 0 Å². The van der Waals surface area contributed by atoms with E-state index in [1.807, 2.05) is 19.1 Å². The predicted molar refractivity (Wildman–Crippen MR) is 50.1 cm³/mol. The average molecular weight is 156 g/mol. The van der Waals surface area contributed by atoms with E-state index >= 15 is 0 Å². The second kappa shape index (κ2) is 6.23. The lowest BCUT2D eigenvalue weighted by Crippen LogP contribution is -2.29. The molecule has 1 N–H and O–H groups in total. The lowest BCUT2D eigenvalue weighted by Gasteiger charge is -2.16. The van der Waals surface area contributed by atoms with E-state index in [-0.39, 0.29) is 0 Å². The maximum Gasteiger partial charge on any atom is 0.0221 e. The van der Waals surface area contributed by atoms with Crippen molar-refractivity contribution in [1.29, 1.82) is 0 Å². The lowest BCUT2D eigenvalue weighted by molar-refractivity contribution is 0.320. The molecule has 0 saturated heterocycles. The fourth-order valence-electron chi connectivity index (χ4n) is 0.919. The molecule has 0 unspecified atom stereocenters. The van der Waals surface area contributed by atoms with Gasteiger partial charge in [-0.3, -0.25) is 0 Å². The Kier molecular flexibility index (Phi) is 5.94. The highest BCUT2D eigenvalue weighted by molar-refractivity contribution is 4.95. The smallest absolute Gasteiger partial charge is 0.0221 e. The molecule has 11 heavy (non-hydrogen) atoms. The van der Waals surface area contributed by atoms with Crippen LogP contribution in [0.3, 0.4) is 0 Å². The van der Waals surface area contributed by atoms with Crippen LogP contribution in [-0.2, 0) is 0 Å². The Labute approximate surface area is 70.2 Å². The topological polar surface area (TPSA) is 15.3 Å². The van der Waals surface area contributed by atoms with E-state index in [2.05, 4.69) is 25.3 Å². The Morgan fingerprint density at radius 3 is 2.45 bits per heavy atom. The summed E-state index contributed by atoms with van der Waals surface area (Å²) >= 11 is 0. The van der Waals surface area contributed by atoms with Crippen LogP contribution in [0.2, 0.25) is 0 Å². The first kappa shape index (κ1) is 10.5. The number of nitrogens with zero attached hydrogens (tertiary/aromatic N) is 1. The maximum atomic E-state index is 3.26. The number of hydrogen-bond donors (Lipinski definition) is 1. The highest BCUT2D eigenvalue weighted by Crippen LogP contribution is 2.03. The van der Waals surface area contributed by atoms with Crippen molar-refractivity contribution in [2.24, 2.45) is 0 Å². The zero-order valence-electron chi connectivity index (χ0n) is 8.15. The van der Waals surface area contributed by atoms with Crippen LogP contribution in [0, 0.1) is 0 Å². The number of hydrogen-bond acceptors (Lipinski definition) is 2. The van der Waals surface area contributed by atoms with Crippen molar-refractivity contribution in [3.05, 3.63) is 11.8 Å². The Hall–Kier alpha value is -0.500. The van der Waals surface area contributed by atoms with Gasteiger partial charge in [0.05, 0.1) is 0 Å². The molecule has 0 aromatic carbocycles. The lowest BCUT2D eigenvalue weighted by atomic mass is 10.2. The molecule has 0 amide bonds. The van der Waals surface area contributed by atoms with Crippen molar-refractivity contribution in [2.45, 2.75) is 33.1 Å². The molecule has 0 fully saturated rings. The van der Waals surface area contributed by atoms with Crippen molar-refractivity contribution in [1.82, 2.24) is 10.4 Å². The van der Waals surface area contributed by atoms with Gasteiger partial charge in [-0.15, -0.1) is 0 Å². The minimum Gasteiger partial charge on any atom is -0.324 e.